The maximum Gasteiger partial charge on any atom is 0.193 e. The Bertz CT molecular complexity index is 317. The number of rotatable bonds is 9. The predicted molar refractivity (Wildman–Crippen MR) is 85.6 cm³/mol. The lowest BCUT2D eigenvalue weighted by Gasteiger charge is -2.39. The van der Waals surface area contributed by atoms with Crippen LogP contribution < -0.4 is 0 Å². The van der Waals surface area contributed by atoms with Crippen molar-refractivity contribution in [2.75, 3.05) is 0 Å². The van der Waals surface area contributed by atoms with Gasteiger partial charge in [0.1, 0.15) is 6.10 Å². The Hall–Kier alpha value is -0.563. The number of aliphatic hydroxyl groups excluding tert-OH is 1. The summed E-state index contributed by atoms with van der Waals surface area (Å²) in [5.41, 5.74) is -0.343. The van der Waals surface area contributed by atoms with E-state index in [9.17, 15) is 5.11 Å². The van der Waals surface area contributed by atoms with E-state index < -0.39 is 14.4 Å². The molecule has 0 saturated heterocycles. The molecule has 0 saturated carbocycles. The zero-order valence-corrected chi connectivity index (χ0v) is 14.3. The summed E-state index contributed by atoms with van der Waals surface area (Å²) in [4.78, 5) is 0. The van der Waals surface area contributed by atoms with Gasteiger partial charge in [-0.3, -0.25) is 0 Å². The van der Waals surface area contributed by atoms with Crippen LogP contribution in [0.2, 0.25) is 18.1 Å². The van der Waals surface area contributed by atoms with Crippen molar-refractivity contribution in [1.29, 1.82) is 0 Å². The second-order valence-electron chi connectivity index (χ2n) is 5.31. The molecular formula is C16H30O2Si. The molecule has 0 radical (unpaired) electrons. The monoisotopic (exact) mass is 282 g/mol. The number of aliphatic hydroxyl groups is 1. The molecule has 0 rings (SSSR count). The molecule has 110 valence electrons. The van der Waals surface area contributed by atoms with E-state index in [-0.39, 0.29) is 5.60 Å². The fourth-order valence-corrected chi connectivity index (χ4v) is 5.43. The van der Waals surface area contributed by atoms with Gasteiger partial charge in [0.05, 0.1) is 5.60 Å². The van der Waals surface area contributed by atoms with Crippen molar-refractivity contribution >= 4 is 8.32 Å². The third-order valence-electron chi connectivity index (χ3n) is 4.04. The minimum atomic E-state index is -1.65. The molecule has 0 aromatic carbocycles. The van der Waals surface area contributed by atoms with E-state index in [1.807, 2.05) is 6.08 Å². The Kier molecular flexibility index (Phi) is 8.32. The second kappa shape index (κ2) is 8.58. The Balaban J connectivity index is 4.75. The normalized spacial score (nSPS) is 16.1. The van der Waals surface area contributed by atoms with Gasteiger partial charge < -0.3 is 9.53 Å². The zero-order valence-electron chi connectivity index (χ0n) is 13.3. The highest BCUT2D eigenvalue weighted by molar-refractivity contribution is 6.73. The maximum atomic E-state index is 9.73. The summed E-state index contributed by atoms with van der Waals surface area (Å²) in [5.74, 6) is 5.52. The molecule has 0 amide bonds. The standard InChI is InChI=1S/C16H30O2Si/c1-7-12-15(17)13-14-16(6,8-2)18-19(9-3,10-4)11-5/h8,15,17H,2,9-11,13-14H2,1,3-6H3/t15-,16+/m1/s1. The van der Waals surface area contributed by atoms with Crippen LogP contribution >= 0.6 is 0 Å². The molecule has 0 aromatic rings. The average molecular weight is 282 g/mol. The van der Waals surface area contributed by atoms with Crippen LogP contribution in [-0.4, -0.2) is 25.1 Å². The van der Waals surface area contributed by atoms with Crippen LogP contribution in [0.3, 0.4) is 0 Å². The van der Waals surface area contributed by atoms with Crippen LogP contribution in [0, 0.1) is 11.8 Å². The molecule has 0 heterocycles. The Morgan fingerprint density at radius 1 is 1.32 bits per heavy atom. The van der Waals surface area contributed by atoms with Gasteiger partial charge in [-0.1, -0.05) is 32.8 Å². The minimum absolute atomic E-state index is 0.343. The first-order valence-corrected chi connectivity index (χ1v) is 9.88. The van der Waals surface area contributed by atoms with E-state index in [0.717, 1.165) is 24.6 Å². The zero-order chi connectivity index (χ0) is 14.9. The SMILES string of the molecule is C=C[C@@](C)(CC[C@H](O)C#CC)O[Si](CC)(CC)CC. The quantitative estimate of drug-likeness (QED) is 0.392. The first-order chi connectivity index (χ1) is 8.90. The van der Waals surface area contributed by atoms with Crippen LogP contribution in [0.4, 0.5) is 0 Å². The van der Waals surface area contributed by atoms with Crippen LogP contribution in [0.1, 0.15) is 47.5 Å². The molecule has 3 heteroatoms. The first kappa shape index (κ1) is 18.4. The van der Waals surface area contributed by atoms with Gasteiger partial charge in [0.15, 0.2) is 8.32 Å². The van der Waals surface area contributed by atoms with Crippen molar-refractivity contribution in [3.8, 4) is 11.8 Å². The molecule has 0 aliphatic heterocycles. The summed E-state index contributed by atoms with van der Waals surface area (Å²) in [5, 5.41) is 9.73. The van der Waals surface area contributed by atoms with Crippen LogP contribution in [0.15, 0.2) is 12.7 Å². The van der Waals surface area contributed by atoms with E-state index in [1.165, 1.54) is 0 Å². The van der Waals surface area contributed by atoms with Crippen LogP contribution in [0.5, 0.6) is 0 Å². The third kappa shape index (κ3) is 5.95. The molecule has 2 atom stereocenters. The van der Waals surface area contributed by atoms with Crippen molar-refractivity contribution in [2.45, 2.75) is 77.3 Å². The van der Waals surface area contributed by atoms with Gasteiger partial charge in [-0.05, 0) is 44.8 Å². The fraction of sp³-hybridized carbons (Fsp3) is 0.750. The molecule has 19 heavy (non-hydrogen) atoms. The van der Waals surface area contributed by atoms with Crippen molar-refractivity contribution in [1.82, 2.24) is 0 Å². The molecule has 0 aliphatic carbocycles. The van der Waals surface area contributed by atoms with Gasteiger partial charge in [0.2, 0.25) is 0 Å². The van der Waals surface area contributed by atoms with E-state index >= 15 is 0 Å². The molecule has 0 fully saturated rings. The summed E-state index contributed by atoms with van der Waals surface area (Å²) in [6, 6.07) is 3.38. The molecule has 1 N–H and O–H groups in total. The van der Waals surface area contributed by atoms with E-state index in [2.05, 4.69) is 46.1 Å². The summed E-state index contributed by atoms with van der Waals surface area (Å²) in [7, 11) is -1.65. The number of hydrogen-bond donors (Lipinski definition) is 1. The highest BCUT2D eigenvalue weighted by Crippen LogP contribution is 2.31. The molecular weight excluding hydrogens is 252 g/mol. The molecule has 0 spiro atoms. The fourth-order valence-electron chi connectivity index (χ4n) is 2.32. The third-order valence-corrected chi connectivity index (χ3v) is 8.80. The van der Waals surface area contributed by atoms with E-state index in [1.54, 1.807) is 6.92 Å². The lowest BCUT2D eigenvalue weighted by molar-refractivity contribution is 0.0968. The van der Waals surface area contributed by atoms with Gasteiger partial charge >= 0.3 is 0 Å². The highest BCUT2D eigenvalue weighted by Gasteiger charge is 2.36. The molecule has 2 nitrogen and oxygen atoms in total. The Labute approximate surface area is 120 Å². The number of hydrogen-bond acceptors (Lipinski definition) is 2. The second-order valence-corrected chi connectivity index (χ2v) is 10.0. The minimum Gasteiger partial charge on any atom is -0.408 e. The molecule has 0 aromatic heterocycles. The maximum absolute atomic E-state index is 9.73. The summed E-state index contributed by atoms with van der Waals surface area (Å²) >= 11 is 0. The average Bonchev–Trinajstić information content (AvgIpc) is 2.43. The molecule has 0 aliphatic rings. The summed E-state index contributed by atoms with van der Waals surface area (Å²) < 4.78 is 6.51. The van der Waals surface area contributed by atoms with Crippen LogP contribution in [0.25, 0.3) is 0 Å². The molecule has 0 bridgehead atoms. The summed E-state index contributed by atoms with van der Waals surface area (Å²) in [6.07, 6.45) is 2.72. The Morgan fingerprint density at radius 3 is 2.21 bits per heavy atom. The highest BCUT2D eigenvalue weighted by atomic mass is 28.4. The van der Waals surface area contributed by atoms with Crippen molar-refractivity contribution in [3.05, 3.63) is 12.7 Å². The topological polar surface area (TPSA) is 29.5 Å². The van der Waals surface area contributed by atoms with Crippen molar-refractivity contribution in [3.63, 3.8) is 0 Å². The van der Waals surface area contributed by atoms with Gasteiger partial charge in [-0.15, -0.1) is 12.5 Å². The Morgan fingerprint density at radius 2 is 1.84 bits per heavy atom. The van der Waals surface area contributed by atoms with Gasteiger partial charge in [0, 0.05) is 0 Å². The van der Waals surface area contributed by atoms with Gasteiger partial charge in [-0.2, -0.15) is 0 Å². The lowest BCUT2D eigenvalue weighted by Crippen LogP contribution is -2.45. The van der Waals surface area contributed by atoms with Gasteiger partial charge in [0.25, 0.3) is 0 Å². The smallest absolute Gasteiger partial charge is 0.193 e. The van der Waals surface area contributed by atoms with Gasteiger partial charge in [-0.25, -0.2) is 0 Å². The largest absolute Gasteiger partial charge is 0.408 e. The lowest BCUT2D eigenvalue weighted by atomic mass is 9.98. The van der Waals surface area contributed by atoms with Crippen LogP contribution in [-0.2, 0) is 4.43 Å². The summed E-state index contributed by atoms with van der Waals surface area (Å²) in [6.45, 7) is 14.4. The molecule has 0 unspecified atom stereocenters. The van der Waals surface area contributed by atoms with Crippen molar-refractivity contribution in [2.24, 2.45) is 0 Å². The van der Waals surface area contributed by atoms with E-state index in [4.69, 9.17) is 4.43 Å². The first-order valence-electron chi connectivity index (χ1n) is 7.35. The van der Waals surface area contributed by atoms with Crippen molar-refractivity contribution < 1.29 is 9.53 Å². The predicted octanol–water partition coefficient (Wildman–Crippen LogP) is 4.12. The van der Waals surface area contributed by atoms with E-state index in [0.29, 0.717) is 6.42 Å².